The molecule has 0 N–H and O–H groups in total. The minimum absolute atomic E-state index is 0.183. The van der Waals surface area contributed by atoms with Gasteiger partial charge in [0.1, 0.15) is 18.1 Å². The summed E-state index contributed by atoms with van der Waals surface area (Å²) in [5.74, 6) is -0.995. The van der Waals surface area contributed by atoms with Crippen LogP contribution in [-0.2, 0) is 11.3 Å². The molecule has 0 aliphatic heterocycles. The highest BCUT2D eigenvalue weighted by Crippen LogP contribution is 2.17. The molecular weight excluding hydrogens is 387 g/mol. The van der Waals surface area contributed by atoms with Gasteiger partial charge in [0.25, 0.3) is 0 Å². The summed E-state index contributed by atoms with van der Waals surface area (Å²) < 4.78 is 19.7. The summed E-state index contributed by atoms with van der Waals surface area (Å²) in [4.78, 5) is 36.6. The highest BCUT2D eigenvalue weighted by Gasteiger charge is 2.12. The third-order valence-electron chi connectivity index (χ3n) is 4.50. The first-order valence-corrected chi connectivity index (χ1v) is 9.07. The summed E-state index contributed by atoms with van der Waals surface area (Å²) in [6.07, 6.45) is 1.16. The Bertz CT molecular complexity index is 1300. The number of halogens is 1. The number of fused-ring (bicyclic) bond motifs is 1. The number of hydrogen-bond donors (Lipinski definition) is 0. The van der Waals surface area contributed by atoms with E-state index in [1.807, 2.05) is 0 Å². The SMILES string of the molecule is O=C(Cn1ncc(=O)c2ccccc21)Oc1ccc(C(=O)c2ccc(F)cc2)cc1. The summed E-state index contributed by atoms with van der Waals surface area (Å²) in [5, 5.41) is 4.46. The average molecular weight is 402 g/mol. The van der Waals surface area contributed by atoms with Crippen LogP contribution in [0.25, 0.3) is 10.9 Å². The van der Waals surface area contributed by atoms with Crippen LogP contribution in [0.1, 0.15) is 15.9 Å². The van der Waals surface area contributed by atoms with Crippen molar-refractivity contribution in [3.8, 4) is 5.75 Å². The fraction of sp³-hybridized carbons (Fsp3) is 0.0435. The van der Waals surface area contributed by atoms with E-state index < -0.39 is 11.8 Å². The largest absolute Gasteiger partial charge is 0.425 e. The Balaban J connectivity index is 1.47. The average Bonchev–Trinajstić information content (AvgIpc) is 2.76. The standard InChI is InChI=1S/C23H15FN2O4/c24-17-9-5-15(6-10-17)23(29)16-7-11-18(12-8-16)30-22(28)14-26-20-4-2-1-3-19(20)21(27)13-25-26/h1-13H,14H2. The molecule has 6 nitrogen and oxygen atoms in total. The summed E-state index contributed by atoms with van der Waals surface area (Å²) in [6.45, 7) is -0.183. The third kappa shape index (κ3) is 4.00. The lowest BCUT2D eigenvalue weighted by atomic mass is 10.0. The van der Waals surface area contributed by atoms with Crippen LogP contribution < -0.4 is 10.2 Å². The Morgan fingerprint density at radius 1 is 0.900 bits per heavy atom. The molecule has 4 rings (SSSR count). The maximum atomic E-state index is 13.0. The van der Waals surface area contributed by atoms with Crippen molar-refractivity contribution in [2.45, 2.75) is 6.54 Å². The highest BCUT2D eigenvalue weighted by molar-refractivity contribution is 6.09. The monoisotopic (exact) mass is 402 g/mol. The number of benzene rings is 3. The molecule has 4 aromatic rings. The van der Waals surface area contributed by atoms with Crippen LogP contribution in [0.4, 0.5) is 4.39 Å². The van der Waals surface area contributed by atoms with Crippen LogP contribution in [0.2, 0.25) is 0 Å². The second-order valence-electron chi connectivity index (χ2n) is 6.52. The van der Waals surface area contributed by atoms with Crippen molar-refractivity contribution in [3.05, 3.63) is 106 Å². The minimum atomic E-state index is -0.575. The van der Waals surface area contributed by atoms with E-state index in [0.717, 1.165) is 6.20 Å². The van der Waals surface area contributed by atoms with Gasteiger partial charge < -0.3 is 4.74 Å². The predicted octanol–water partition coefficient (Wildman–Crippen LogP) is 3.37. The lowest BCUT2D eigenvalue weighted by Crippen LogP contribution is -2.20. The predicted molar refractivity (Wildman–Crippen MR) is 108 cm³/mol. The number of esters is 1. The van der Waals surface area contributed by atoms with E-state index in [4.69, 9.17) is 4.74 Å². The molecule has 148 valence electrons. The zero-order chi connectivity index (χ0) is 21.1. The molecule has 0 aliphatic carbocycles. The number of hydrogen-bond acceptors (Lipinski definition) is 5. The van der Waals surface area contributed by atoms with E-state index >= 15 is 0 Å². The molecule has 0 unspecified atom stereocenters. The molecule has 0 radical (unpaired) electrons. The molecule has 0 saturated heterocycles. The van der Waals surface area contributed by atoms with E-state index in [1.54, 1.807) is 24.3 Å². The number of ketones is 1. The number of aromatic nitrogens is 2. The summed E-state index contributed by atoms with van der Waals surface area (Å²) in [5.41, 5.74) is 1.05. The van der Waals surface area contributed by atoms with Crippen LogP contribution in [0.5, 0.6) is 5.75 Å². The molecule has 7 heteroatoms. The molecule has 0 bridgehead atoms. The molecule has 0 amide bonds. The zero-order valence-electron chi connectivity index (χ0n) is 15.6. The van der Waals surface area contributed by atoms with Crippen LogP contribution in [0.3, 0.4) is 0 Å². The second-order valence-corrected chi connectivity index (χ2v) is 6.52. The van der Waals surface area contributed by atoms with E-state index in [9.17, 15) is 18.8 Å². The van der Waals surface area contributed by atoms with Gasteiger partial charge in [-0.25, -0.2) is 9.18 Å². The van der Waals surface area contributed by atoms with Crippen molar-refractivity contribution in [2.75, 3.05) is 0 Å². The van der Waals surface area contributed by atoms with Gasteiger partial charge in [0, 0.05) is 16.5 Å². The molecular formula is C23H15FN2O4. The lowest BCUT2D eigenvalue weighted by molar-refractivity contribution is -0.135. The van der Waals surface area contributed by atoms with Crippen LogP contribution in [0, 0.1) is 5.82 Å². The van der Waals surface area contributed by atoms with E-state index in [1.165, 1.54) is 53.2 Å². The Morgan fingerprint density at radius 3 is 2.23 bits per heavy atom. The Hall–Kier alpha value is -4.13. The Morgan fingerprint density at radius 2 is 1.53 bits per heavy atom. The molecule has 0 spiro atoms. The first-order valence-electron chi connectivity index (χ1n) is 9.07. The van der Waals surface area contributed by atoms with Crippen molar-refractivity contribution in [1.82, 2.24) is 9.78 Å². The van der Waals surface area contributed by atoms with Crippen molar-refractivity contribution in [3.63, 3.8) is 0 Å². The first kappa shape index (κ1) is 19.2. The number of carbonyl (C=O) groups is 2. The number of carbonyl (C=O) groups excluding carboxylic acids is 2. The second kappa shape index (κ2) is 8.08. The van der Waals surface area contributed by atoms with Crippen LogP contribution in [-0.4, -0.2) is 21.5 Å². The molecule has 3 aromatic carbocycles. The highest BCUT2D eigenvalue weighted by atomic mass is 19.1. The number of nitrogens with zero attached hydrogens (tertiary/aromatic N) is 2. The third-order valence-corrected chi connectivity index (χ3v) is 4.50. The first-order chi connectivity index (χ1) is 14.5. The quantitative estimate of drug-likeness (QED) is 0.291. The van der Waals surface area contributed by atoms with Gasteiger partial charge >= 0.3 is 5.97 Å². The van der Waals surface area contributed by atoms with Gasteiger partial charge in [-0.15, -0.1) is 0 Å². The molecule has 0 fully saturated rings. The summed E-state index contributed by atoms with van der Waals surface area (Å²) >= 11 is 0. The van der Waals surface area contributed by atoms with E-state index in [2.05, 4.69) is 5.10 Å². The van der Waals surface area contributed by atoms with E-state index in [-0.39, 0.29) is 23.5 Å². The normalized spacial score (nSPS) is 10.7. The zero-order valence-corrected chi connectivity index (χ0v) is 15.6. The number of rotatable bonds is 5. The Labute approximate surface area is 170 Å². The van der Waals surface area contributed by atoms with Crippen molar-refractivity contribution in [1.29, 1.82) is 0 Å². The number of para-hydroxylation sites is 1. The van der Waals surface area contributed by atoms with Crippen LogP contribution >= 0.6 is 0 Å². The summed E-state index contributed by atoms with van der Waals surface area (Å²) in [6, 6.07) is 18.2. The maximum Gasteiger partial charge on any atom is 0.333 e. The van der Waals surface area contributed by atoms with Crippen molar-refractivity contribution in [2.24, 2.45) is 0 Å². The number of ether oxygens (including phenoxy) is 1. The van der Waals surface area contributed by atoms with Gasteiger partial charge in [-0.3, -0.25) is 14.3 Å². The lowest BCUT2D eigenvalue weighted by Gasteiger charge is -2.09. The topological polar surface area (TPSA) is 78.3 Å². The maximum absolute atomic E-state index is 13.0. The molecule has 0 aliphatic rings. The van der Waals surface area contributed by atoms with Gasteiger partial charge in [0.15, 0.2) is 5.78 Å². The van der Waals surface area contributed by atoms with Gasteiger partial charge in [0.05, 0.1) is 11.7 Å². The van der Waals surface area contributed by atoms with Gasteiger partial charge in [-0.1, -0.05) is 12.1 Å². The molecule has 0 saturated carbocycles. The van der Waals surface area contributed by atoms with Gasteiger partial charge in [-0.2, -0.15) is 5.10 Å². The van der Waals surface area contributed by atoms with E-state index in [0.29, 0.717) is 22.0 Å². The Kier molecular flexibility index (Phi) is 5.17. The van der Waals surface area contributed by atoms with Crippen molar-refractivity contribution >= 4 is 22.7 Å². The molecule has 1 heterocycles. The van der Waals surface area contributed by atoms with Gasteiger partial charge in [-0.05, 0) is 60.7 Å². The van der Waals surface area contributed by atoms with Gasteiger partial charge in [0.2, 0.25) is 5.43 Å². The fourth-order valence-electron chi connectivity index (χ4n) is 3.02. The minimum Gasteiger partial charge on any atom is -0.425 e. The molecule has 1 aromatic heterocycles. The fourth-order valence-corrected chi connectivity index (χ4v) is 3.02. The molecule has 30 heavy (non-hydrogen) atoms. The summed E-state index contributed by atoms with van der Waals surface area (Å²) in [7, 11) is 0. The smallest absolute Gasteiger partial charge is 0.333 e. The van der Waals surface area contributed by atoms with Crippen LogP contribution in [0.15, 0.2) is 83.8 Å². The van der Waals surface area contributed by atoms with Crippen molar-refractivity contribution < 1.29 is 18.7 Å². The molecule has 0 atom stereocenters.